The van der Waals surface area contributed by atoms with E-state index in [-0.39, 0.29) is 5.78 Å². The van der Waals surface area contributed by atoms with Crippen LogP contribution in [0.25, 0.3) is 21.8 Å². The van der Waals surface area contributed by atoms with E-state index in [2.05, 4.69) is 17.1 Å². The molecule has 0 atom stereocenters. The minimum absolute atomic E-state index is 0.154. The maximum absolute atomic E-state index is 12.6. The van der Waals surface area contributed by atoms with Gasteiger partial charge in [-0.15, -0.1) is 0 Å². The Labute approximate surface area is 122 Å². The van der Waals surface area contributed by atoms with Crippen LogP contribution in [0.1, 0.15) is 36.2 Å². The van der Waals surface area contributed by atoms with Crippen LogP contribution in [0.5, 0.6) is 5.75 Å². The second kappa shape index (κ2) is 3.88. The normalized spacial score (nSPS) is 17.0. The lowest BCUT2D eigenvalue weighted by atomic mass is 9.90. The summed E-state index contributed by atoms with van der Waals surface area (Å²) < 4.78 is 6.08. The fourth-order valence-electron chi connectivity index (χ4n) is 3.29. The molecule has 0 aliphatic carbocycles. The van der Waals surface area contributed by atoms with Crippen LogP contribution in [0.15, 0.2) is 30.3 Å². The van der Waals surface area contributed by atoms with Gasteiger partial charge in [-0.2, -0.15) is 0 Å². The van der Waals surface area contributed by atoms with Gasteiger partial charge in [0, 0.05) is 16.3 Å². The average molecular weight is 279 g/mol. The van der Waals surface area contributed by atoms with E-state index in [1.54, 1.807) is 0 Å². The molecular weight excluding hydrogens is 262 g/mol. The Balaban J connectivity index is 2.15. The number of carbonyl (C=O) groups is 1. The number of ether oxygens (including phenoxy) is 1. The number of benzene rings is 2. The molecule has 2 aromatic carbocycles. The molecule has 0 bridgehead atoms. The van der Waals surface area contributed by atoms with Gasteiger partial charge < -0.3 is 9.72 Å². The van der Waals surface area contributed by atoms with Gasteiger partial charge in [0.1, 0.15) is 11.4 Å². The summed E-state index contributed by atoms with van der Waals surface area (Å²) in [6, 6.07) is 10.2. The molecule has 0 fully saturated rings. The lowest BCUT2D eigenvalue weighted by Gasteiger charge is -2.32. The van der Waals surface area contributed by atoms with Crippen molar-refractivity contribution in [2.24, 2.45) is 0 Å². The van der Waals surface area contributed by atoms with Crippen molar-refractivity contribution in [1.29, 1.82) is 0 Å². The van der Waals surface area contributed by atoms with Gasteiger partial charge in [-0.1, -0.05) is 18.2 Å². The maximum atomic E-state index is 12.6. The highest BCUT2D eigenvalue weighted by molar-refractivity contribution is 6.18. The molecule has 2 heterocycles. The molecule has 106 valence electrons. The molecule has 4 rings (SSSR count). The number of Topliss-reactive ketones (excluding diaryl/α,β-unsaturated/α-hetero) is 1. The van der Waals surface area contributed by atoms with Crippen LogP contribution in [0, 0.1) is 6.92 Å². The van der Waals surface area contributed by atoms with Gasteiger partial charge in [0.05, 0.1) is 17.5 Å². The third-order valence-corrected chi connectivity index (χ3v) is 4.19. The molecule has 0 spiro atoms. The number of aryl methyl sites for hydroxylation is 1. The number of aromatic nitrogens is 1. The van der Waals surface area contributed by atoms with Crippen molar-refractivity contribution >= 4 is 27.6 Å². The SMILES string of the molecule is Cc1cc2c([nH]c3ccccc32)c2c1OC(C)(C)CC2=O. The third kappa shape index (κ3) is 1.70. The van der Waals surface area contributed by atoms with Gasteiger partial charge in [-0.05, 0) is 38.5 Å². The molecule has 0 unspecified atom stereocenters. The smallest absolute Gasteiger partial charge is 0.172 e. The van der Waals surface area contributed by atoms with E-state index in [0.717, 1.165) is 33.1 Å². The van der Waals surface area contributed by atoms with E-state index in [9.17, 15) is 4.79 Å². The first-order chi connectivity index (χ1) is 9.96. The van der Waals surface area contributed by atoms with Crippen molar-refractivity contribution in [3.05, 3.63) is 41.5 Å². The van der Waals surface area contributed by atoms with Crippen molar-refractivity contribution in [3.8, 4) is 5.75 Å². The summed E-state index contributed by atoms with van der Waals surface area (Å²) >= 11 is 0. The van der Waals surface area contributed by atoms with Crippen molar-refractivity contribution in [2.75, 3.05) is 0 Å². The number of fused-ring (bicyclic) bond motifs is 5. The first-order valence-electron chi connectivity index (χ1n) is 7.22. The second-order valence-corrected chi connectivity index (χ2v) is 6.45. The van der Waals surface area contributed by atoms with Crippen LogP contribution in [-0.2, 0) is 0 Å². The predicted molar refractivity (Wildman–Crippen MR) is 84.2 cm³/mol. The van der Waals surface area contributed by atoms with Gasteiger partial charge in [0.15, 0.2) is 5.78 Å². The number of ketones is 1. The zero-order valence-corrected chi connectivity index (χ0v) is 12.4. The molecule has 3 aromatic rings. The molecule has 0 radical (unpaired) electrons. The summed E-state index contributed by atoms with van der Waals surface area (Å²) in [5, 5.41) is 2.24. The van der Waals surface area contributed by atoms with Gasteiger partial charge in [-0.25, -0.2) is 0 Å². The van der Waals surface area contributed by atoms with Crippen LogP contribution in [-0.4, -0.2) is 16.4 Å². The average Bonchev–Trinajstić information content (AvgIpc) is 2.76. The van der Waals surface area contributed by atoms with Crippen molar-refractivity contribution < 1.29 is 9.53 Å². The number of hydrogen-bond donors (Lipinski definition) is 1. The summed E-state index contributed by atoms with van der Waals surface area (Å²) in [7, 11) is 0. The minimum Gasteiger partial charge on any atom is -0.486 e. The molecular formula is C18H17NO2. The fourth-order valence-corrected chi connectivity index (χ4v) is 3.29. The molecule has 1 N–H and O–H groups in total. The lowest BCUT2D eigenvalue weighted by Crippen LogP contribution is -2.36. The fraction of sp³-hybridized carbons (Fsp3) is 0.278. The number of nitrogens with one attached hydrogen (secondary N) is 1. The Kier molecular flexibility index (Phi) is 2.30. The molecule has 3 nitrogen and oxygen atoms in total. The third-order valence-electron chi connectivity index (χ3n) is 4.19. The quantitative estimate of drug-likeness (QED) is 0.663. The van der Waals surface area contributed by atoms with E-state index >= 15 is 0 Å². The Bertz CT molecular complexity index is 902. The van der Waals surface area contributed by atoms with E-state index < -0.39 is 5.60 Å². The van der Waals surface area contributed by atoms with Gasteiger partial charge >= 0.3 is 0 Å². The van der Waals surface area contributed by atoms with Crippen LogP contribution < -0.4 is 4.74 Å². The minimum atomic E-state index is -0.436. The summed E-state index contributed by atoms with van der Waals surface area (Å²) in [5.74, 6) is 0.886. The number of hydrogen-bond acceptors (Lipinski definition) is 2. The Morgan fingerprint density at radius 3 is 2.76 bits per heavy atom. The Hall–Kier alpha value is -2.29. The number of carbonyl (C=O) groups excluding carboxylic acids is 1. The maximum Gasteiger partial charge on any atom is 0.172 e. The van der Waals surface area contributed by atoms with Crippen molar-refractivity contribution in [3.63, 3.8) is 0 Å². The molecule has 1 aliphatic heterocycles. The van der Waals surface area contributed by atoms with Gasteiger partial charge in [0.2, 0.25) is 0 Å². The van der Waals surface area contributed by atoms with E-state index in [0.29, 0.717) is 12.0 Å². The van der Waals surface area contributed by atoms with Crippen LogP contribution in [0.3, 0.4) is 0 Å². The summed E-state index contributed by atoms with van der Waals surface area (Å²) in [4.78, 5) is 16.0. The first-order valence-corrected chi connectivity index (χ1v) is 7.22. The zero-order chi connectivity index (χ0) is 14.8. The molecule has 0 saturated heterocycles. The van der Waals surface area contributed by atoms with Gasteiger partial charge in [-0.3, -0.25) is 4.79 Å². The predicted octanol–water partition coefficient (Wildman–Crippen LogP) is 4.37. The van der Waals surface area contributed by atoms with E-state index in [4.69, 9.17) is 4.74 Å². The van der Waals surface area contributed by atoms with Crippen LogP contribution in [0.4, 0.5) is 0 Å². The Morgan fingerprint density at radius 2 is 1.95 bits per heavy atom. The highest BCUT2D eigenvalue weighted by Gasteiger charge is 2.35. The topological polar surface area (TPSA) is 42.1 Å². The first kappa shape index (κ1) is 12.5. The Morgan fingerprint density at radius 1 is 1.19 bits per heavy atom. The van der Waals surface area contributed by atoms with Gasteiger partial charge in [0.25, 0.3) is 0 Å². The zero-order valence-electron chi connectivity index (χ0n) is 12.4. The largest absolute Gasteiger partial charge is 0.486 e. The number of para-hydroxylation sites is 1. The standard InChI is InChI=1S/C18H17NO2/c1-10-8-12-11-6-4-5-7-13(11)19-16(12)15-14(20)9-18(2,3)21-17(10)15/h4-8,19H,9H2,1-3H3. The van der Waals surface area contributed by atoms with Crippen molar-refractivity contribution in [2.45, 2.75) is 32.8 Å². The molecule has 0 saturated carbocycles. The molecule has 21 heavy (non-hydrogen) atoms. The highest BCUT2D eigenvalue weighted by atomic mass is 16.5. The number of H-pyrrole nitrogens is 1. The lowest BCUT2D eigenvalue weighted by molar-refractivity contribution is 0.0619. The van der Waals surface area contributed by atoms with Crippen molar-refractivity contribution in [1.82, 2.24) is 4.98 Å². The molecule has 1 aromatic heterocycles. The summed E-state index contributed by atoms with van der Waals surface area (Å²) in [6.07, 6.45) is 0.411. The molecule has 1 aliphatic rings. The number of aromatic amines is 1. The van der Waals surface area contributed by atoms with E-state index in [1.807, 2.05) is 39.0 Å². The molecule has 3 heteroatoms. The summed E-state index contributed by atoms with van der Waals surface area (Å²) in [5.41, 5.74) is 3.24. The second-order valence-electron chi connectivity index (χ2n) is 6.45. The number of rotatable bonds is 0. The van der Waals surface area contributed by atoms with Crippen LogP contribution in [0.2, 0.25) is 0 Å². The molecule has 0 amide bonds. The summed E-state index contributed by atoms with van der Waals surface area (Å²) in [6.45, 7) is 5.93. The monoisotopic (exact) mass is 279 g/mol. The van der Waals surface area contributed by atoms with E-state index in [1.165, 1.54) is 0 Å². The highest BCUT2D eigenvalue weighted by Crippen LogP contribution is 2.41. The van der Waals surface area contributed by atoms with Crippen LogP contribution >= 0.6 is 0 Å².